The zero-order chi connectivity index (χ0) is 16.1. The lowest BCUT2D eigenvalue weighted by molar-refractivity contribution is -0.135. The predicted octanol–water partition coefficient (Wildman–Crippen LogP) is 0.664. The maximum Gasteiger partial charge on any atom is 0.244 e. The number of tetrazole rings is 1. The summed E-state index contributed by atoms with van der Waals surface area (Å²) in [5.41, 5.74) is 6.70. The van der Waals surface area contributed by atoms with Crippen molar-refractivity contribution in [2.24, 2.45) is 0 Å². The fourth-order valence-corrected chi connectivity index (χ4v) is 3.03. The van der Waals surface area contributed by atoms with Gasteiger partial charge in [-0.15, -0.1) is 0 Å². The third-order valence-electron chi connectivity index (χ3n) is 4.25. The Morgan fingerprint density at radius 2 is 2.26 bits per heavy atom. The molecule has 8 nitrogen and oxygen atoms in total. The number of amides is 1. The van der Waals surface area contributed by atoms with Crippen molar-refractivity contribution in [3.8, 4) is 0 Å². The Kier molecular flexibility index (Phi) is 4.80. The van der Waals surface area contributed by atoms with Crippen LogP contribution in [0.4, 0.5) is 5.95 Å². The molecule has 1 aliphatic rings. The van der Waals surface area contributed by atoms with Gasteiger partial charge in [0.25, 0.3) is 0 Å². The van der Waals surface area contributed by atoms with Crippen LogP contribution in [0, 0.1) is 0 Å². The normalized spacial score (nSPS) is 18.1. The van der Waals surface area contributed by atoms with E-state index >= 15 is 0 Å². The van der Waals surface area contributed by atoms with E-state index in [1.54, 1.807) is 6.20 Å². The van der Waals surface area contributed by atoms with Crippen LogP contribution in [0.1, 0.15) is 31.4 Å². The minimum absolute atomic E-state index is 0.0229. The second-order valence-corrected chi connectivity index (χ2v) is 5.79. The molecule has 0 unspecified atom stereocenters. The average Bonchev–Trinajstić information content (AvgIpc) is 2.99. The quantitative estimate of drug-likeness (QED) is 0.869. The van der Waals surface area contributed by atoms with Crippen LogP contribution < -0.4 is 5.73 Å². The number of piperidine rings is 1. The Labute approximate surface area is 134 Å². The molecule has 23 heavy (non-hydrogen) atoms. The lowest BCUT2D eigenvalue weighted by Crippen LogP contribution is -2.45. The minimum Gasteiger partial charge on any atom is -0.367 e. The Hall–Kier alpha value is -2.51. The number of likely N-dealkylation sites (tertiary alicyclic amines) is 1. The van der Waals surface area contributed by atoms with Crippen LogP contribution in [0.5, 0.6) is 0 Å². The summed E-state index contributed by atoms with van der Waals surface area (Å²) in [6.45, 7) is 0.882. The number of hydrogen-bond acceptors (Lipinski definition) is 6. The first kappa shape index (κ1) is 15.4. The van der Waals surface area contributed by atoms with Crippen molar-refractivity contribution >= 4 is 11.9 Å². The molecule has 2 aromatic heterocycles. The van der Waals surface area contributed by atoms with Crippen molar-refractivity contribution in [2.45, 2.75) is 44.7 Å². The highest BCUT2D eigenvalue weighted by molar-refractivity contribution is 5.76. The minimum atomic E-state index is 0.0229. The molecule has 1 atom stereocenters. The van der Waals surface area contributed by atoms with E-state index in [0.717, 1.165) is 44.3 Å². The highest BCUT2D eigenvalue weighted by Crippen LogP contribution is 2.21. The van der Waals surface area contributed by atoms with Crippen LogP contribution >= 0.6 is 0 Å². The van der Waals surface area contributed by atoms with E-state index in [-0.39, 0.29) is 24.4 Å². The van der Waals surface area contributed by atoms with Gasteiger partial charge in [0, 0.05) is 24.5 Å². The lowest BCUT2D eigenvalue weighted by atomic mass is 9.97. The van der Waals surface area contributed by atoms with Crippen LogP contribution in [-0.2, 0) is 17.8 Å². The van der Waals surface area contributed by atoms with Gasteiger partial charge in [-0.3, -0.25) is 9.78 Å². The van der Waals surface area contributed by atoms with E-state index in [2.05, 4.69) is 20.5 Å². The van der Waals surface area contributed by atoms with Gasteiger partial charge in [-0.2, -0.15) is 0 Å². The van der Waals surface area contributed by atoms with Crippen LogP contribution in [-0.4, -0.2) is 48.6 Å². The summed E-state index contributed by atoms with van der Waals surface area (Å²) in [7, 11) is 0. The number of carbonyl (C=O) groups excluding carboxylic acids is 1. The molecule has 3 rings (SSSR count). The molecule has 1 saturated heterocycles. The molecule has 2 N–H and O–H groups in total. The van der Waals surface area contributed by atoms with E-state index in [1.165, 1.54) is 4.68 Å². The molecule has 1 amide bonds. The van der Waals surface area contributed by atoms with Crippen molar-refractivity contribution in [1.29, 1.82) is 0 Å². The van der Waals surface area contributed by atoms with Crippen LogP contribution in [0.15, 0.2) is 24.4 Å². The van der Waals surface area contributed by atoms with Gasteiger partial charge in [0.2, 0.25) is 11.9 Å². The van der Waals surface area contributed by atoms with Crippen molar-refractivity contribution in [2.75, 3.05) is 12.3 Å². The van der Waals surface area contributed by atoms with Crippen LogP contribution in [0.25, 0.3) is 0 Å². The number of nitrogen functional groups attached to an aromatic ring is 1. The fraction of sp³-hybridized carbons (Fsp3) is 0.533. The smallest absolute Gasteiger partial charge is 0.244 e. The van der Waals surface area contributed by atoms with Gasteiger partial charge >= 0.3 is 0 Å². The maximum absolute atomic E-state index is 12.6. The summed E-state index contributed by atoms with van der Waals surface area (Å²) in [5, 5.41) is 10.8. The Bertz CT molecular complexity index is 642. The number of hydrogen-bond donors (Lipinski definition) is 1. The van der Waals surface area contributed by atoms with Gasteiger partial charge < -0.3 is 10.6 Å². The summed E-state index contributed by atoms with van der Waals surface area (Å²) in [4.78, 5) is 18.9. The van der Waals surface area contributed by atoms with Crippen molar-refractivity contribution in [1.82, 2.24) is 30.1 Å². The Morgan fingerprint density at radius 1 is 1.35 bits per heavy atom. The Balaban J connectivity index is 1.61. The number of rotatable bonds is 5. The zero-order valence-corrected chi connectivity index (χ0v) is 13.0. The topological polar surface area (TPSA) is 103 Å². The molecular weight excluding hydrogens is 294 g/mol. The van der Waals surface area contributed by atoms with Gasteiger partial charge in [-0.1, -0.05) is 11.2 Å². The van der Waals surface area contributed by atoms with E-state index in [9.17, 15) is 4.79 Å². The molecule has 0 saturated carbocycles. The highest BCUT2D eigenvalue weighted by atomic mass is 16.2. The molecule has 2 aromatic rings. The Morgan fingerprint density at radius 3 is 3.00 bits per heavy atom. The molecule has 1 aliphatic heterocycles. The van der Waals surface area contributed by atoms with Gasteiger partial charge in [0.1, 0.15) is 6.54 Å². The third kappa shape index (κ3) is 3.82. The largest absolute Gasteiger partial charge is 0.367 e. The second kappa shape index (κ2) is 7.17. The molecular formula is C15H21N7O. The molecule has 0 aliphatic carbocycles. The summed E-state index contributed by atoms with van der Waals surface area (Å²) in [6, 6.07) is 6.18. The molecule has 122 valence electrons. The van der Waals surface area contributed by atoms with Crippen molar-refractivity contribution in [3.05, 3.63) is 30.1 Å². The third-order valence-corrected chi connectivity index (χ3v) is 4.25. The predicted molar refractivity (Wildman–Crippen MR) is 84.1 cm³/mol. The number of nitrogens with zero attached hydrogens (tertiary/aromatic N) is 6. The number of aromatic nitrogens is 5. The zero-order valence-electron chi connectivity index (χ0n) is 13.0. The van der Waals surface area contributed by atoms with E-state index in [0.29, 0.717) is 0 Å². The van der Waals surface area contributed by atoms with Crippen LogP contribution in [0.2, 0.25) is 0 Å². The molecule has 0 bridgehead atoms. The van der Waals surface area contributed by atoms with Crippen LogP contribution in [0.3, 0.4) is 0 Å². The summed E-state index contributed by atoms with van der Waals surface area (Å²) < 4.78 is 1.34. The second-order valence-electron chi connectivity index (χ2n) is 5.79. The summed E-state index contributed by atoms with van der Waals surface area (Å²) in [6.07, 6.45) is 6.83. The number of pyridine rings is 1. The standard InChI is InChI=1S/C15H21N7O/c16-15-18-19-20-22(15)11-14(23)21-10-4-2-6-13(21)8-7-12-5-1-3-9-17-12/h1,3,5,9,13H,2,4,6-8,10-11H2,(H2,16,18,20)/t13-/m1/s1. The average molecular weight is 315 g/mol. The first-order valence-corrected chi connectivity index (χ1v) is 7.95. The first-order valence-electron chi connectivity index (χ1n) is 7.95. The summed E-state index contributed by atoms with van der Waals surface area (Å²) >= 11 is 0. The van der Waals surface area contributed by atoms with Gasteiger partial charge in [0.05, 0.1) is 0 Å². The first-order chi connectivity index (χ1) is 11.2. The van der Waals surface area contributed by atoms with Gasteiger partial charge in [-0.25, -0.2) is 4.68 Å². The molecule has 8 heteroatoms. The van der Waals surface area contributed by atoms with Crippen molar-refractivity contribution in [3.63, 3.8) is 0 Å². The molecule has 0 radical (unpaired) electrons. The maximum atomic E-state index is 12.6. The van der Waals surface area contributed by atoms with E-state index < -0.39 is 0 Å². The SMILES string of the molecule is Nc1nnnn1CC(=O)N1CCCC[C@@H]1CCc1ccccn1. The number of aryl methyl sites for hydroxylation is 1. The van der Waals surface area contributed by atoms with Gasteiger partial charge in [-0.05, 0) is 54.7 Å². The number of nitrogens with two attached hydrogens (primary N) is 1. The van der Waals surface area contributed by atoms with E-state index in [1.807, 2.05) is 23.1 Å². The molecule has 0 spiro atoms. The fourth-order valence-electron chi connectivity index (χ4n) is 3.03. The lowest BCUT2D eigenvalue weighted by Gasteiger charge is -2.36. The highest BCUT2D eigenvalue weighted by Gasteiger charge is 2.27. The monoisotopic (exact) mass is 315 g/mol. The summed E-state index contributed by atoms with van der Waals surface area (Å²) in [5.74, 6) is 0.190. The molecule has 1 fully saturated rings. The van der Waals surface area contributed by atoms with Crippen molar-refractivity contribution < 1.29 is 4.79 Å². The van der Waals surface area contributed by atoms with E-state index in [4.69, 9.17) is 5.73 Å². The number of carbonyl (C=O) groups is 1. The van der Waals surface area contributed by atoms with Gasteiger partial charge in [0.15, 0.2) is 0 Å². The molecule has 0 aromatic carbocycles. The number of anilines is 1. The molecule has 3 heterocycles.